The molecular weight excluding hydrogens is 301 g/mol. The zero-order valence-electron chi connectivity index (χ0n) is 10.3. The Morgan fingerprint density at radius 2 is 1.90 bits per heavy atom. The number of rotatable bonds is 2. The highest BCUT2D eigenvalue weighted by Gasteiger charge is 2.20. The molecule has 0 unspecified atom stereocenters. The summed E-state index contributed by atoms with van der Waals surface area (Å²) in [6.07, 6.45) is 1.06. The van der Waals surface area contributed by atoms with Crippen molar-refractivity contribution in [1.82, 2.24) is 9.97 Å². The van der Waals surface area contributed by atoms with E-state index >= 15 is 0 Å². The molecule has 1 aliphatic heterocycles. The van der Waals surface area contributed by atoms with Gasteiger partial charge in [-0.15, -0.1) is 0 Å². The molecule has 0 saturated carbocycles. The molecule has 7 heteroatoms. The van der Waals surface area contributed by atoms with E-state index in [4.69, 9.17) is 38.4 Å². The fourth-order valence-electron chi connectivity index (χ4n) is 1.99. The Bertz CT molecular complexity index is 646. The second-order valence-electron chi connectivity index (χ2n) is 4.24. The molecule has 0 atom stereocenters. The summed E-state index contributed by atoms with van der Waals surface area (Å²) in [5.74, 6) is 0.138. The van der Waals surface area contributed by atoms with E-state index in [9.17, 15) is 0 Å². The number of benzene rings is 1. The number of nitrogens with zero attached hydrogens (tertiary/aromatic N) is 2. The van der Waals surface area contributed by atoms with E-state index in [0.717, 1.165) is 5.56 Å². The van der Waals surface area contributed by atoms with Crippen LogP contribution in [0, 0.1) is 0 Å². The maximum atomic E-state index is 6.22. The van der Waals surface area contributed by atoms with Gasteiger partial charge in [-0.2, -0.15) is 0 Å². The molecule has 1 fully saturated rings. The summed E-state index contributed by atoms with van der Waals surface area (Å²) in [5, 5.41) is 0.901. The van der Waals surface area contributed by atoms with Gasteiger partial charge in [0.15, 0.2) is 6.29 Å². The number of nitrogen functional groups attached to an aromatic ring is 1. The Hall–Kier alpha value is -1.40. The fourth-order valence-corrected chi connectivity index (χ4v) is 2.39. The van der Waals surface area contributed by atoms with Crippen molar-refractivity contribution in [2.45, 2.75) is 6.29 Å². The van der Waals surface area contributed by atoms with Crippen molar-refractivity contribution in [3.8, 4) is 11.3 Å². The Morgan fingerprint density at radius 3 is 2.65 bits per heavy atom. The molecule has 1 saturated heterocycles. The Morgan fingerprint density at radius 1 is 1.15 bits per heavy atom. The minimum atomic E-state index is -0.385. The molecule has 5 nitrogen and oxygen atoms in total. The molecule has 0 spiro atoms. The molecule has 1 aliphatic rings. The molecule has 0 bridgehead atoms. The first-order chi connectivity index (χ1) is 9.65. The van der Waals surface area contributed by atoms with Gasteiger partial charge in [-0.1, -0.05) is 29.3 Å². The van der Waals surface area contributed by atoms with Crippen LogP contribution in [0.25, 0.3) is 11.3 Å². The molecule has 20 heavy (non-hydrogen) atoms. The van der Waals surface area contributed by atoms with Crippen LogP contribution in [0.3, 0.4) is 0 Å². The van der Waals surface area contributed by atoms with Crippen LogP contribution >= 0.6 is 23.2 Å². The fraction of sp³-hybridized carbons (Fsp3) is 0.231. The molecular formula is C13H11Cl2N3O2. The third-order valence-corrected chi connectivity index (χ3v) is 3.51. The van der Waals surface area contributed by atoms with Crippen molar-refractivity contribution in [3.63, 3.8) is 0 Å². The second kappa shape index (κ2) is 5.54. The van der Waals surface area contributed by atoms with E-state index in [2.05, 4.69) is 9.97 Å². The monoisotopic (exact) mass is 311 g/mol. The molecule has 1 aromatic carbocycles. The van der Waals surface area contributed by atoms with E-state index in [1.807, 2.05) is 12.1 Å². The molecule has 2 heterocycles. The van der Waals surface area contributed by atoms with Gasteiger partial charge < -0.3 is 15.2 Å². The zero-order chi connectivity index (χ0) is 14.1. The second-order valence-corrected chi connectivity index (χ2v) is 5.05. The quantitative estimate of drug-likeness (QED) is 0.923. The summed E-state index contributed by atoms with van der Waals surface area (Å²) < 4.78 is 10.9. The summed E-state index contributed by atoms with van der Waals surface area (Å²) in [6, 6.07) is 5.44. The van der Waals surface area contributed by atoms with Gasteiger partial charge in [0.2, 0.25) is 5.95 Å². The van der Waals surface area contributed by atoms with E-state index in [-0.39, 0.29) is 12.2 Å². The molecule has 2 aromatic rings. The van der Waals surface area contributed by atoms with Gasteiger partial charge in [0, 0.05) is 11.1 Å². The van der Waals surface area contributed by atoms with E-state index in [1.165, 1.54) is 6.20 Å². The SMILES string of the molecule is Nc1ncc(Cl)c(-c2cc(C3OCCO3)ccc2Cl)n1. The number of nitrogens with two attached hydrogens (primary N) is 1. The van der Waals surface area contributed by atoms with Gasteiger partial charge in [0.25, 0.3) is 0 Å². The van der Waals surface area contributed by atoms with Crippen LogP contribution in [0.4, 0.5) is 5.95 Å². The summed E-state index contributed by atoms with van der Waals surface area (Å²) in [5.41, 5.74) is 7.62. The van der Waals surface area contributed by atoms with Gasteiger partial charge in [0.1, 0.15) is 0 Å². The van der Waals surface area contributed by atoms with Crippen molar-refractivity contribution in [3.05, 3.63) is 40.0 Å². The van der Waals surface area contributed by atoms with Crippen LogP contribution in [0.5, 0.6) is 0 Å². The van der Waals surface area contributed by atoms with Crippen LogP contribution in [0.15, 0.2) is 24.4 Å². The highest BCUT2D eigenvalue weighted by atomic mass is 35.5. The Balaban J connectivity index is 2.07. The third-order valence-electron chi connectivity index (χ3n) is 2.90. The predicted octanol–water partition coefficient (Wildman–Crippen LogP) is 3.08. The zero-order valence-corrected chi connectivity index (χ0v) is 11.9. The Labute approximate surface area is 125 Å². The minimum Gasteiger partial charge on any atom is -0.368 e. The van der Waals surface area contributed by atoms with Gasteiger partial charge in [-0.3, -0.25) is 0 Å². The number of anilines is 1. The van der Waals surface area contributed by atoms with Gasteiger partial charge in [-0.05, 0) is 12.1 Å². The number of ether oxygens (including phenoxy) is 2. The largest absolute Gasteiger partial charge is 0.368 e. The van der Waals surface area contributed by atoms with Crippen molar-refractivity contribution in [1.29, 1.82) is 0 Å². The maximum Gasteiger partial charge on any atom is 0.220 e. The number of aromatic nitrogens is 2. The lowest BCUT2D eigenvalue weighted by molar-refractivity contribution is -0.0440. The summed E-state index contributed by atoms with van der Waals surface area (Å²) in [7, 11) is 0. The number of hydrogen-bond acceptors (Lipinski definition) is 5. The highest BCUT2D eigenvalue weighted by molar-refractivity contribution is 6.36. The molecule has 3 rings (SSSR count). The van der Waals surface area contributed by atoms with Crippen molar-refractivity contribution >= 4 is 29.2 Å². The summed E-state index contributed by atoms with van der Waals surface area (Å²) >= 11 is 12.3. The van der Waals surface area contributed by atoms with Gasteiger partial charge in [0.05, 0.1) is 35.1 Å². The van der Waals surface area contributed by atoms with Crippen LogP contribution in [0.2, 0.25) is 10.0 Å². The molecule has 104 valence electrons. The van der Waals surface area contributed by atoms with Crippen molar-refractivity contribution in [2.24, 2.45) is 0 Å². The normalized spacial score (nSPS) is 15.7. The lowest BCUT2D eigenvalue weighted by Gasteiger charge is -2.12. The molecule has 1 aromatic heterocycles. The summed E-state index contributed by atoms with van der Waals surface area (Å²) in [6.45, 7) is 1.15. The standard InChI is InChI=1S/C13H11Cl2N3O2/c14-9-2-1-7(12-19-3-4-20-12)5-8(9)11-10(15)6-17-13(16)18-11/h1-2,5-6,12H,3-4H2,(H2,16,17,18). The van der Waals surface area contributed by atoms with Crippen LogP contribution in [-0.4, -0.2) is 23.2 Å². The first kappa shape index (κ1) is 13.6. The number of halogens is 2. The minimum absolute atomic E-state index is 0.138. The first-order valence-corrected chi connectivity index (χ1v) is 6.72. The van der Waals surface area contributed by atoms with Crippen LogP contribution in [0.1, 0.15) is 11.9 Å². The van der Waals surface area contributed by atoms with Crippen LogP contribution in [-0.2, 0) is 9.47 Å². The first-order valence-electron chi connectivity index (χ1n) is 5.96. The number of hydrogen-bond donors (Lipinski definition) is 1. The van der Waals surface area contributed by atoms with Gasteiger partial charge in [-0.25, -0.2) is 9.97 Å². The molecule has 0 aliphatic carbocycles. The lowest BCUT2D eigenvalue weighted by Crippen LogP contribution is -2.00. The summed E-state index contributed by atoms with van der Waals surface area (Å²) in [4.78, 5) is 7.98. The van der Waals surface area contributed by atoms with Crippen molar-refractivity contribution < 1.29 is 9.47 Å². The average Bonchev–Trinajstić information content (AvgIpc) is 2.96. The van der Waals surface area contributed by atoms with Crippen molar-refractivity contribution in [2.75, 3.05) is 18.9 Å². The Kier molecular flexibility index (Phi) is 3.76. The van der Waals surface area contributed by atoms with Gasteiger partial charge >= 0.3 is 0 Å². The third kappa shape index (κ3) is 2.58. The average molecular weight is 312 g/mol. The molecule has 0 radical (unpaired) electrons. The van der Waals surface area contributed by atoms with E-state index in [0.29, 0.717) is 34.5 Å². The molecule has 2 N–H and O–H groups in total. The van der Waals surface area contributed by atoms with E-state index in [1.54, 1.807) is 6.07 Å². The van der Waals surface area contributed by atoms with Crippen LogP contribution < -0.4 is 5.73 Å². The lowest BCUT2D eigenvalue weighted by atomic mass is 10.1. The highest BCUT2D eigenvalue weighted by Crippen LogP contribution is 2.35. The smallest absolute Gasteiger partial charge is 0.220 e. The topological polar surface area (TPSA) is 70.3 Å². The maximum absolute atomic E-state index is 6.22. The molecule has 0 amide bonds. The predicted molar refractivity (Wildman–Crippen MR) is 76.5 cm³/mol. The van der Waals surface area contributed by atoms with E-state index < -0.39 is 0 Å².